The molecule has 2 nitrogen and oxygen atoms in total. The zero-order valence-corrected chi connectivity index (χ0v) is 9.28. The van der Waals surface area contributed by atoms with Gasteiger partial charge in [-0.15, -0.1) is 0 Å². The van der Waals surface area contributed by atoms with Crippen LogP contribution < -0.4 is 0 Å². The maximum Gasteiger partial charge on any atom is 0.0444 e. The lowest BCUT2D eigenvalue weighted by molar-refractivity contribution is 0.0491. The van der Waals surface area contributed by atoms with Gasteiger partial charge in [-0.05, 0) is 34.6 Å². The molecule has 13 heavy (non-hydrogen) atoms. The van der Waals surface area contributed by atoms with E-state index >= 15 is 0 Å². The Labute approximate surface area is 88.5 Å². The first-order valence-corrected chi connectivity index (χ1v) is 4.84. The molecule has 1 rings (SSSR count). The van der Waals surface area contributed by atoms with Crippen LogP contribution in [0.2, 0.25) is 0 Å². The van der Waals surface area contributed by atoms with E-state index in [-0.39, 0.29) is 11.6 Å². The highest BCUT2D eigenvalue weighted by atomic mass is 15.3. The lowest BCUT2D eigenvalue weighted by Crippen LogP contribution is -2.54. The summed E-state index contributed by atoms with van der Waals surface area (Å²) in [5.74, 6) is 0. The smallest absolute Gasteiger partial charge is 0.0444 e. The largest absolute Gasteiger partial charge is 0.298 e. The normalized spacial score (nSPS) is 49.7. The zero-order valence-electron chi connectivity index (χ0n) is 13.3. The summed E-state index contributed by atoms with van der Waals surface area (Å²) in [5.41, 5.74) is -0.361. The molecule has 4 unspecified atom stereocenters. The van der Waals surface area contributed by atoms with Crippen LogP contribution >= 0.6 is 0 Å². The molecular weight excluding hydrogens is 160 g/mol. The van der Waals surface area contributed by atoms with Gasteiger partial charge in [-0.2, -0.15) is 0 Å². The van der Waals surface area contributed by atoms with E-state index in [0.29, 0.717) is 0 Å². The summed E-state index contributed by atoms with van der Waals surface area (Å²) in [6.45, 7) is 6.53. The topological polar surface area (TPSA) is 6.48 Å². The summed E-state index contributed by atoms with van der Waals surface area (Å²) in [6, 6.07) is 0.0165. The van der Waals surface area contributed by atoms with Crippen LogP contribution in [0.5, 0.6) is 0 Å². The highest BCUT2D eigenvalue weighted by Crippen LogP contribution is 2.16. The summed E-state index contributed by atoms with van der Waals surface area (Å²) in [5, 5.41) is 0. The Morgan fingerprint density at radius 2 is 1.54 bits per heavy atom. The van der Waals surface area contributed by atoms with E-state index in [1.54, 1.807) is 9.80 Å². The zero-order chi connectivity index (χ0) is 13.5. The molecule has 2 heteroatoms. The minimum Gasteiger partial charge on any atom is -0.298 e. The monoisotopic (exact) mass is 188 g/mol. The third kappa shape index (κ3) is 2.96. The molecule has 0 saturated carbocycles. The fourth-order valence-electron chi connectivity index (χ4n) is 1.19. The van der Waals surface area contributed by atoms with Gasteiger partial charge < -0.3 is 0 Å². The summed E-state index contributed by atoms with van der Waals surface area (Å²) in [4.78, 5) is 3.29. The second-order valence-corrected chi connectivity index (χ2v) is 4.72. The van der Waals surface area contributed by atoms with Crippen molar-refractivity contribution in [3.8, 4) is 0 Å². The molecule has 1 aliphatic rings. The molecule has 1 saturated heterocycles. The van der Waals surface area contributed by atoms with E-state index in [0.717, 1.165) is 0 Å². The van der Waals surface area contributed by atoms with Crippen LogP contribution in [-0.2, 0) is 0 Å². The Morgan fingerprint density at radius 3 is 1.85 bits per heavy atom. The molecule has 0 spiro atoms. The fraction of sp³-hybridized carbons (Fsp3) is 1.00. The van der Waals surface area contributed by atoms with Gasteiger partial charge in [-0.25, -0.2) is 0 Å². The number of hydrogen-bond donors (Lipinski definition) is 0. The molecule has 0 radical (unpaired) electrons. The van der Waals surface area contributed by atoms with Crippen LogP contribution in [0.15, 0.2) is 0 Å². The number of rotatable bonds is 1. The first-order chi connectivity index (χ1) is 7.59. The molecule has 78 valence electrons. The maximum absolute atomic E-state index is 8.13. The Bertz CT molecular complexity index is 251. The summed E-state index contributed by atoms with van der Waals surface area (Å²) < 4.78 is 32.4. The molecule has 0 aliphatic carbocycles. The molecule has 1 aliphatic heterocycles. The number of hydrogen-bond acceptors (Lipinski definition) is 2. The average molecular weight is 188 g/mol. The lowest BCUT2D eigenvalue weighted by Gasteiger charge is -2.43. The third-order valence-corrected chi connectivity index (χ3v) is 2.17. The van der Waals surface area contributed by atoms with Gasteiger partial charge in [-0.1, -0.05) is 0 Å². The lowest BCUT2D eigenvalue weighted by atomic mass is 10.0. The first kappa shape index (κ1) is 6.41. The van der Waals surface area contributed by atoms with Crippen molar-refractivity contribution in [2.24, 2.45) is 0 Å². The predicted molar refractivity (Wildman–Crippen MR) is 58.0 cm³/mol. The van der Waals surface area contributed by atoms with Crippen molar-refractivity contribution in [3.63, 3.8) is 0 Å². The van der Waals surface area contributed by atoms with Crippen molar-refractivity contribution < 1.29 is 5.48 Å². The van der Waals surface area contributed by atoms with Gasteiger partial charge in [0, 0.05) is 43.1 Å². The van der Waals surface area contributed by atoms with Gasteiger partial charge in [0.2, 0.25) is 0 Å². The molecule has 0 bridgehead atoms. The quantitative estimate of drug-likeness (QED) is 0.619. The Balaban J connectivity index is 3.03. The van der Waals surface area contributed by atoms with E-state index in [1.807, 2.05) is 34.6 Å². The maximum atomic E-state index is 8.13. The first-order valence-electron chi connectivity index (χ1n) is 7.15. The molecule has 0 N–H and O–H groups in total. The predicted octanol–water partition coefficient (Wildman–Crippen LogP) is 1.81. The van der Waals surface area contributed by atoms with Crippen molar-refractivity contribution in [1.82, 2.24) is 9.80 Å². The number of piperazine rings is 1. The van der Waals surface area contributed by atoms with Crippen molar-refractivity contribution >= 4 is 0 Å². The van der Waals surface area contributed by atoms with Gasteiger partial charge in [0.25, 0.3) is 0 Å². The van der Waals surface area contributed by atoms with Crippen LogP contribution in [0.25, 0.3) is 0 Å². The summed E-state index contributed by atoms with van der Waals surface area (Å²) in [7, 11) is 0. The van der Waals surface area contributed by atoms with E-state index in [9.17, 15) is 0 Å². The van der Waals surface area contributed by atoms with Crippen molar-refractivity contribution in [1.29, 1.82) is 0 Å². The fourth-order valence-corrected chi connectivity index (χ4v) is 1.19. The molecule has 0 amide bonds. The number of nitrogens with zero attached hydrogens (tertiary/aromatic N) is 2. The molecule has 0 aromatic carbocycles. The summed E-state index contributed by atoms with van der Waals surface area (Å²) in [6.07, 6.45) is 0. The van der Waals surface area contributed by atoms with E-state index < -0.39 is 26.1 Å². The standard InChI is InChI=1S/C11H24N2/c1-10(2)12-6-8-13(9-7-12)11(3,4)5/h10H,6-9H2,1-5H3/i6D,7D,8D,9D. The Morgan fingerprint density at radius 1 is 1.08 bits per heavy atom. The van der Waals surface area contributed by atoms with Gasteiger partial charge in [0.05, 0.1) is 0 Å². The van der Waals surface area contributed by atoms with Crippen LogP contribution in [0.4, 0.5) is 0 Å². The third-order valence-electron chi connectivity index (χ3n) is 2.17. The minimum absolute atomic E-state index is 0.0165. The Hall–Kier alpha value is -0.0800. The van der Waals surface area contributed by atoms with Crippen LogP contribution in [0.3, 0.4) is 0 Å². The van der Waals surface area contributed by atoms with Crippen molar-refractivity contribution in [2.75, 3.05) is 26.1 Å². The van der Waals surface area contributed by atoms with Crippen LogP contribution in [0, 0.1) is 0 Å². The van der Waals surface area contributed by atoms with E-state index in [2.05, 4.69) is 0 Å². The molecule has 0 aromatic heterocycles. The molecule has 1 fully saturated rings. The molecule has 0 aromatic rings. The molecule has 1 heterocycles. The van der Waals surface area contributed by atoms with E-state index in [4.69, 9.17) is 5.48 Å². The van der Waals surface area contributed by atoms with Crippen molar-refractivity contribution in [2.45, 2.75) is 46.2 Å². The molecular formula is C11H24N2. The second kappa shape index (κ2) is 3.97. The average Bonchev–Trinajstić information content (AvgIpc) is 2.12. The van der Waals surface area contributed by atoms with Crippen molar-refractivity contribution in [3.05, 3.63) is 0 Å². The van der Waals surface area contributed by atoms with Crippen LogP contribution in [-0.4, -0.2) is 47.5 Å². The van der Waals surface area contributed by atoms with Gasteiger partial charge >= 0.3 is 0 Å². The van der Waals surface area contributed by atoms with Gasteiger partial charge in [0.1, 0.15) is 0 Å². The second-order valence-electron chi connectivity index (χ2n) is 4.72. The van der Waals surface area contributed by atoms with Gasteiger partial charge in [0.15, 0.2) is 0 Å². The molecule has 4 atom stereocenters. The SMILES string of the molecule is [2H]C1C([2H])N(C(C)(C)C)C([2H])C([2H])N1C(C)C. The van der Waals surface area contributed by atoms with Crippen LogP contribution in [0.1, 0.15) is 40.1 Å². The highest BCUT2D eigenvalue weighted by molar-refractivity contribution is 4.82. The van der Waals surface area contributed by atoms with Gasteiger partial charge in [-0.3, -0.25) is 9.80 Å². The highest BCUT2D eigenvalue weighted by Gasteiger charge is 2.26. The minimum atomic E-state index is -0.776. The Kier molecular flexibility index (Phi) is 1.96. The summed E-state index contributed by atoms with van der Waals surface area (Å²) >= 11 is 0. The van der Waals surface area contributed by atoms with E-state index in [1.165, 1.54) is 0 Å².